The Morgan fingerprint density at radius 2 is 0.984 bits per heavy atom. The molecule has 0 bridgehead atoms. The van der Waals surface area contributed by atoms with E-state index in [9.17, 15) is 14.4 Å². The van der Waals surface area contributed by atoms with Gasteiger partial charge in [-0.15, -0.1) is 0 Å². The van der Waals surface area contributed by atoms with Crippen LogP contribution in [-0.4, -0.2) is 103 Å². The van der Waals surface area contributed by atoms with Crippen LogP contribution >= 0.6 is 0 Å². The van der Waals surface area contributed by atoms with Crippen LogP contribution in [0.2, 0.25) is 0 Å². The molecule has 16 nitrogen and oxygen atoms in total. The number of H-pyrrole nitrogens is 2. The number of nitrogens with one attached hydrogen (secondary N) is 4. The van der Waals surface area contributed by atoms with E-state index >= 15 is 0 Å². The van der Waals surface area contributed by atoms with Crippen molar-refractivity contribution in [2.75, 3.05) is 48.6 Å². The molecule has 0 aliphatic carbocycles. The molecule has 0 saturated carbocycles. The lowest BCUT2D eigenvalue weighted by atomic mass is 9.97. The van der Waals surface area contributed by atoms with E-state index in [4.69, 9.17) is 25.0 Å². The van der Waals surface area contributed by atoms with Gasteiger partial charge in [-0.3, -0.25) is 14.4 Å². The number of carbonyl (C=O) groups is 4. The Bertz CT molecular complexity index is 2090. The van der Waals surface area contributed by atoms with Gasteiger partial charge >= 0.3 is 6.09 Å². The molecule has 2 aromatic heterocycles. The first kappa shape index (κ1) is 54.7. The van der Waals surface area contributed by atoms with Crippen molar-refractivity contribution in [2.24, 2.45) is 11.5 Å². The van der Waals surface area contributed by atoms with Gasteiger partial charge in [0.1, 0.15) is 11.6 Å². The lowest BCUT2D eigenvalue weighted by Crippen LogP contribution is -2.23. The van der Waals surface area contributed by atoms with Gasteiger partial charge in [0.25, 0.3) is 6.47 Å². The number of benzene rings is 4. The number of aromatic amines is 2. The number of imidazole rings is 2. The number of rotatable bonds is 17. The summed E-state index contributed by atoms with van der Waals surface area (Å²) in [5.41, 5.74) is 17.6. The summed E-state index contributed by atoms with van der Waals surface area (Å²) in [7, 11) is 6.04. The molecule has 344 valence electrons. The van der Waals surface area contributed by atoms with Crippen LogP contribution in [0.25, 0.3) is 55.1 Å². The largest absolute Gasteiger partial charge is 0.471 e. The van der Waals surface area contributed by atoms with E-state index in [2.05, 4.69) is 114 Å². The fourth-order valence-corrected chi connectivity index (χ4v) is 6.25. The molecule has 0 fully saturated rings. The SMILES string of the molecule is CCCC(=O)NCCCCc1nc2ccc(-c3ccc4cc(-c5ccc6nc(CCCCNC(=O)CCC)[nH]c6c5)ccc4c3)cc2[nH]1.CN.CO.CO.COC(N)=O.COC=O. The van der Waals surface area contributed by atoms with Gasteiger partial charge in [-0.25, -0.2) is 14.8 Å². The molecule has 4 aromatic carbocycles. The minimum Gasteiger partial charge on any atom is -0.471 e. The lowest BCUT2D eigenvalue weighted by molar-refractivity contribution is -0.126. The van der Waals surface area contributed by atoms with Gasteiger partial charge in [-0.1, -0.05) is 50.2 Å². The summed E-state index contributed by atoms with van der Waals surface area (Å²) >= 11 is 0. The maximum Gasteiger partial charge on any atom is 0.404 e. The number of aromatic nitrogens is 4. The fraction of sp³-hybridized carbons (Fsp3) is 0.404. The number of nitrogens with two attached hydrogens (primary N) is 2. The van der Waals surface area contributed by atoms with Crippen molar-refractivity contribution < 1.29 is 38.9 Å². The molecule has 0 unspecified atom stereocenters. The molecule has 0 radical (unpaired) electrons. The van der Waals surface area contributed by atoms with E-state index in [-0.39, 0.29) is 11.8 Å². The van der Waals surface area contributed by atoms with Crippen LogP contribution in [0.1, 0.15) is 76.9 Å². The summed E-state index contributed by atoms with van der Waals surface area (Å²) in [6.07, 6.45) is 7.77. The molecule has 2 heterocycles. The van der Waals surface area contributed by atoms with Crippen LogP contribution in [0.4, 0.5) is 4.79 Å². The monoisotopic (exact) mass is 873 g/mol. The fourth-order valence-electron chi connectivity index (χ4n) is 6.25. The smallest absolute Gasteiger partial charge is 0.404 e. The number of aliphatic hydroxyl groups excluding tert-OH is 2. The number of hydrogen-bond acceptors (Lipinski definition) is 11. The van der Waals surface area contributed by atoms with Crippen LogP contribution in [-0.2, 0) is 36.7 Å². The molecule has 0 aliphatic heterocycles. The molecule has 10 N–H and O–H groups in total. The zero-order valence-electron chi connectivity index (χ0n) is 37.9. The average molecular weight is 873 g/mol. The predicted molar refractivity (Wildman–Crippen MR) is 252 cm³/mol. The summed E-state index contributed by atoms with van der Waals surface area (Å²) < 4.78 is 7.75. The van der Waals surface area contributed by atoms with Crippen molar-refractivity contribution in [3.63, 3.8) is 0 Å². The van der Waals surface area contributed by atoms with Gasteiger partial charge in [0.2, 0.25) is 11.8 Å². The second-order valence-corrected chi connectivity index (χ2v) is 13.6. The first-order valence-electron chi connectivity index (χ1n) is 21.0. The number of methoxy groups -OCH3 is 2. The first-order chi connectivity index (χ1) is 30.7. The number of aryl methyl sites for hydroxylation is 2. The van der Waals surface area contributed by atoms with Crippen molar-refractivity contribution in [1.29, 1.82) is 0 Å². The van der Waals surface area contributed by atoms with Gasteiger partial charge in [-0.05, 0) is 115 Å². The van der Waals surface area contributed by atoms with Crippen LogP contribution < -0.4 is 22.1 Å². The number of unbranched alkanes of at least 4 members (excludes halogenated alkanes) is 2. The highest BCUT2D eigenvalue weighted by Gasteiger charge is 2.09. The first-order valence-corrected chi connectivity index (χ1v) is 21.0. The molecule has 0 spiro atoms. The van der Waals surface area contributed by atoms with E-state index in [1.54, 1.807) is 0 Å². The molecular weight excluding hydrogens is 805 g/mol. The second kappa shape index (κ2) is 32.4. The van der Waals surface area contributed by atoms with Crippen molar-refractivity contribution in [3.05, 3.63) is 84.4 Å². The molecule has 63 heavy (non-hydrogen) atoms. The summed E-state index contributed by atoms with van der Waals surface area (Å²) in [6.45, 7) is 5.85. The van der Waals surface area contributed by atoms with Gasteiger partial charge < -0.3 is 51.8 Å². The van der Waals surface area contributed by atoms with Gasteiger partial charge in [0.15, 0.2) is 0 Å². The van der Waals surface area contributed by atoms with Crippen LogP contribution in [0.3, 0.4) is 0 Å². The van der Waals surface area contributed by atoms with E-state index in [0.717, 1.165) is 124 Å². The Morgan fingerprint density at radius 3 is 1.32 bits per heavy atom. The van der Waals surface area contributed by atoms with Crippen LogP contribution in [0.5, 0.6) is 0 Å². The second-order valence-electron chi connectivity index (χ2n) is 13.6. The summed E-state index contributed by atoms with van der Waals surface area (Å²) in [5.74, 6) is 2.25. The third-order valence-corrected chi connectivity index (χ3v) is 9.15. The number of aliphatic hydroxyl groups is 2. The number of nitrogens with zero attached hydrogens (tertiary/aromatic N) is 2. The molecule has 0 aliphatic rings. The normalized spacial score (nSPS) is 9.87. The molecule has 16 heteroatoms. The average Bonchev–Trinajstić information content (AvgIpc) is 3.93. The quantitative estimate of drug-likeness (QED) is 0.0353. The highest BCUT2D eigenvalue weighted by Crippen LogP contribution is 2.31. The topological polar surface area (TPSA) is 261 Å². The Balaban J connectivity index is 0.00000117. The zero-order valence-corrected chi connectivity index (χ0v) is 37.9. The van der Waals surface area contributed by atoms with Gasteiger partial charge in [0, 0.05) is 53.0 Å². The number of carbonyl (C=O) groups excluding carboxylic acids is 4. The van der Waals surface area contributed by atoms with Crippen molar-refractivity contribution in [3.8, 4) is 22.3 Å². The maximum atomic E-state index is 11.7. The van der Waals surface area contributed by atoms with E-state index in [1.165, 1.54) is 43.2 Å². The van der Waals surface area contributed by atoms with E-state index < -0.39 is 6.09 Å². The number of fused-ring (bicyclic) bond motifs is 3. The number of amides is 3. The zero-order chi connectivity index (χ0) is 47.0. The number of hydrogen-bond donors (Lipinski definition) is 8. The van der Waals surface area contributed by atoms with Crippen molar-refractivity contribution >= 4 is 57.2 Å². The molecular formula is C47H68N8O8. The molecule has 0 saturated heterocycles. The van der Waals surface area contributed by atoms with Gasteiger partial charge in [-0.2, -0.15) is 0 Å². The minimum atomic E-state index is -0.745. The Kier molecular flexibility index (Phi) is 28.1. The summed E-state index contributed by atoms with van der Waals surface area (Å²) in [5, 5.41) is 22.4. The van der Waals surface area contributed by atoms with Gasteiger partial charge in [0.05, 0.1) is 36.3 Å². The molecule has 6 rings (SSSR count). The van der Waals surface area contributed by atoms with Crippen molar-refractivity contribution in [2.45, 2.75) is 78.1 Å². The maximum absolute atomic E-state index is 11.7. The number of ether oxygens (including phenoxy) is 2. The number of primary amides is 1. The predicted octanol–water partition coefficient (Wildman–Crippen LogP) is 6.70. The van der Waals surface area contributed by atoms with E-state index in [1.807, 2.05) is 13.8 Å². The van der Waals surface area contributed by atoms with Crippen LogP contribution in [0, 0.1) is 0 Å². The highest BCUT2D eigenvalue weighted by atomic mass is 16.5. The Morgan fingerprint density at radius 1 is 0.635 bits per heavy atom. The Hall–Kier alpha value is -6.36. The third-order valence-electron chi connectivity index (χ3n) is 9.15. The van der Waals surface area contributed by atoms with Crippen molar-refractivity contribution in [1.82, 2.24) is 30.6 Å². The summed E-state index contributed by atoms with van der Waals surface area (Å²) in [6, 6.07) is 26.1. The highest BCUT2D eigenvalue weighted by molar-refractivity contribution is 5.93. The summed E-state index contributed by atoms with van der Waals surface area (Å²) in [4.78, 5) is 58.2. The molecule has 3 amide bonds. The third kappa shape index (κ3) is 19.5. The standard InChI is InChI=1S/C40H46N6O2.C2H5NO2.C2H4O2.CH5N.2CH4O/c1-3-9-39(47)41-21-7-5-11-37-43-33-19-17-31(25-35(33)45-37)29-15-13-28-24-30(16-14-27(28)23-29)32-18-20-34-36(26-32)46-38(44-34)12-6-8-22-42-40(48)10-4-2;1-5-2(3)4;1-4-2-3;3*1-2/h13-20,23-26H,3-12,21-22H2,1-2H3,(H,41,47)(H,42,48)(H,43,45)(H,44,46);1H3,(H2,3,4);2H,1H3;2H2,1H3;2*2H,1H3. The minimum absolute atomic E-state index is 0.138. The molecule has 0 atom stereocenters. The van der Waals surface area contributed by atoms with Crippen LogP contribution in [0.15, 0.2) is 72.8 Å². The Labute approximate surface area is 370 Å². The van der Waals surface area contributed by atoms with E-state index in [0.29, 0.717) is 19.3 Å². The molecule has 6 aromatic rings. The lowest BCUT2D eigenvalue weighted by Gasteiger charge is -2.07.